The Kier molecular flexibility index (Phi) is 5.22. The van der Waals surface area contributed by atoms with Crippen molar-refractivity contribution in [3.8, 4) is 0 Å². The van der Waals surface area contributed by atoms with Crippen molar-refractivity contribution in [2.45, 2.75) is 44.1 Å². The van der Waals surface area contributed by atoms with E-state index in [1.165, 1.54) is 19.3 Å². The molecule has 0 bridgehead atoms. The van der Waals surface area contributed by atoms with Crippen molar-refractivity contribution < 1.29 is 5.11 Å². The lowest BCUT2D eigenvalue weighted by molar-refractivity contribution is 0.118. The number of halogens is 1. The zero-order valence-electron chi connectivity index (χ0n) is 9.94. The van der Waals surface area contributed by atoms with Crippen molar-refractivity contribution in [3.63, 3.8) is 0 Å². The van der Waals surface area contributed by atoms with Crippen LogP contribution in [0, 0.1) is 0 Å². The largest absolute Gasteiger partial charge is 0.395 e. The summed E-state index contributed by atoms with van der Waals surface area (Å²) >= 11 is 7.42. The van der Waals surface area contributed by atoms with E-state index in [9.17, 15) is 5.11 Å². The van der Waals surface area contributed by atoms with Crippen LogP contribution in [0.1, 0.15) is 36.4 Å². The number of hydrogen-bond donors (Lipinski definition) is 1. The number of nitrogens with zero attached hydrogens (tertiary/aromatic N) is 2. The van der Waals surface area contributed by atoms with Gasteiger partial charge < -0.3 is 5.11 Å². The van der Waals surface area contributed by atoms with Crippen LogP contribution in [0.2, 0.25) is 0 Å². The van der Waals surface area contributed by atoms with Crippen LogP contribution in [-0.4, -0.2) is 34.2 Å². The van der Waals surface area contributed by atoms with Gasteiger partial charge in [-0.25, -0.2) is 4.98 Å². The minimum Gasteiger partial charge on any atom is -0.395 e. The molecule has 1 atom stereocenters. The first kappa shape index (κ1) is 13.3. The maximum atomic E-state index is 9.44. The maximum absolute atomic E-state index is 9.44. The zero-order valence-corrected chi connectivity index (χ0v) is 11.5. The van der Waals surface area contributed by atoms with Crippen LogP contribution in [-0.2, 0) is 12.4 Å². The molecule has 1 N–H and O–H groups in total. The molecule has 0 aliphatic carbocycles. The molecule has 1 fully saturated rings. The molecule has 2 rings (SSSR count). The number of aromatic nitrogens is 1. The highest BCUT2D eigenvalue weighted by Gasteiger charge is 2.21. The van der Waals surface area contributed by atoms with E-state index >= 15 is 0 Å². The third-order valence-corrected chi connectivity index (χ3v) is 4.44. The summed E-state index contributed by atoms with van der Waals surface area (Å²) in [5, 5.41) is 12.6. The third kappa shape index (κ3) is 3.65. The van der Waals surface area contributed by atoms with Gasteiger partial charge in [-0.15, -0.1) is 22.9 Å². The molecule has 1 aromatic rings. The number of aliphatic hydroxyl groups is 1. The number of alkyl halides is 1. The van der Waals surface area contributed by atoms with Gasteiger partial charge >= 0.3 is 0 Å². The summed E-state index contributed by atoms with van der Waals surface area (Å²) in [6.07, 6.45) is 4.83. The lowest BCUT2D eigenvalue weighted by Crippen LogP contribution is -2.36. The normalized spacial score (nSPS) is 22.6. The molecule has 96 valence electrons. The monoisotopic (exact) mass is 274 g/mol. The number of aliphatic hydroxyl groups excluding tert-OH is 1. The second-order valence-electron chi connectivity index (χ2n) is 4.52. The van der Waals surface area contributed by atoms with Gasteiger partial charge in [0.15, 0.2) is 0 Å². The average molecular weight is 275 g/mol. The fourth-order valence-electron chi connectivity index (χ4n) is 2.31. The van der Waals surface area contributed by atoms with E-state index < -0.39 is 0 Å². The highest BCUT2D eigenvalue weighted by molar-refractivity contribution is 7.09. The van der Waals surface area contributed by atoms with Crippen molar-refractivity contribution in [2.75, 3.05) is 13.2 Å². The van der Waals surface area contributed by atoms with Gasteiger partial charge in [-0.05, 0) is 19.4 Å². The molecule has 17 heavy (non-hydrogen) atoms. The Hall–Kier alpha value is -0.160. The summed E-state index contributed by atoms with van der Waals surface area (Å²) < 4.78 is 0. The molecule has 0 spiro atoms. The molecule has 1 aliphatic heterocycles. The first-order chi connectivity index (χ1) is 8.33. The zero-order chi connectivity index (χ0) is 12.1. The van der Waals surface area contributed by atoms with Gasteiger partial charge in [-0.1, -0.05) is 12.8 Å². The fourth-order valence-corrected chi connectivity index (χ4v) is 3.36. The predicted molar refractivity (Wildman–Crippen MR) is 71.4 cm³/mol. The first-order valence-electron chi connectivity index (χ1n) is 6.17. The van der Waals surface area contributed by atoms with E-state index in [0.29, 0.717) is 11.9 Å². The van der Waals surface area contributed by atoms with Crippen molar-refractivity contribution in [1.82, 2.24) is 9.88 Å². The van der Waals surface area contributed by atoms with E-state index in [4.69, 9.17) is 11.6 Å². The Morgan fingerprint density at radius 3 is 3.06 bits per heavy atom. The third-order valence-electron chi connectivity index (χ3n) is 3.28. The van der Waals surface area contributed by atoms with E-state index in [1.807, 2.05) is 5.38 Å². The number of hydrogen-bond acceptors (Lipinski definition) is 4. The number of thiazole rings is 1. The van der Waals surface area contributed by atoms with Crippen LogP contribution in [0.4, 0.5) is 0 Å². The highest BCUT2D eigenvalue weighted by atomic mass is 35.5. The fraction of sp³-hybridized carbons (Fsp3) is 0.750. The van der Waals surface area contributed by atoms with Gasteiger partial charge in [0.05, 0.1) is 24.7 Å². The Bertz CT molecular complexity index is 345. The van der Waals surface area contributed by atoms with Crippen molar-refractivity contribution >= 4 is 22.9 Å². The molecule has 0 saturated carbocycles. The molecule has 1 unspecified atom stereocenters. The summed E-state index contributed by atoms with van der Waals surface area (Å²) in [6, 6.07) is 0.306. The molecule has 3 nitrogen and oxygen atoms in total. The standard InChI is InChI=1S/C12H19ClN2OS/c13-6-10-9-17-12(14-10)7-15-5-3-1-2-4-11(15)8-16/h9,11,16H,1-8H2. The summed E-state index contributed by atoms with van der Waals surface area (Å²) in [5.74, 6) is 0.486. The van der Waals surface area contributed by atoms with E-state index in [1.54, 1.807) is 11.3 Å². The lowest BCUT2D eigenvalue weighted by atomic mass is 10.1. The van der Waals surface area contributed by atoms with Crippen LogP contribution in [0.3, 0.4) is 0 Å². The topological polar surface area (TPSA) is 36.4 Å². The summed E-state index contributed by atoms with van der Waals surface area (Å²) in [6.45, 7) is 2.18. The first-order valence-corrected chi connectivity index (χ1v) is 7.59. The van der Waals surface area contributed by atoms with Crippen molar-refractivity contribution in [3.05, 3.63) is 16.1 Å². The highest BCUT2D eigenvalue weighted by Crippen LogP contribution is 2.21. The van der Waals surface area contributed by atoms with Crippen molar-refractivity contribution in [2.24, 2.45) is 0 Å². The molecule has 1 aromatic heterocycles. The van der Waals surface area contributed by atoms with E-state index in [2.05, 4.69) is 9.88 Å². The SMILES string of the molecule is OCC1CCCCCN1Cc1nc(CCl)cs1. The Labute approximate surface area is 111 Å². The van der Waals surface area contributed by atoms with Gasteiger partial charge in [0, 0.05) is 11.4 Å². The summed E-state index contributed by atoms with van der Waals surface area (Å²) in [4.78, 5) is 6.85. The minimum atomic E-state index is 0.258. The van der Waals surface area contributed by atoms with Gasteiger partial charge in [-0.2, -0.15) is 0 Å². The van der Waals surface area contributed by atoms with Gasteiger partial charge in [-0.3, -0.25) is 4.90 Å². The molecule has 5 heteroatoms. The Morgan fingerprint density at radius 2 is 2.35 bits per heavy atom. The quantitative estimate of drug-likeness (QED) is 0.858. The number of likely N-dealkylation sites (tertiary alicyclic amines) is 1. The average Bonchev–Trinajstić information content (AvgIpc) is 2.68. The molecule has 0 radical (unpaired) electrons. The molecular weight excluding hydrogens is 256 g/mol. The summed E-state index contributed by atoms with van der Waals surface area (Å²) in [5.41, 5.74) is 0.960. The maximum Gasteiger partial charge on any atom is 0.107 e. The van der Waals surface area contributed by atoms with Gasteiger partial charge in [0.1, 0.15) is 5.01 Å². The summed E-state index contributed by atoms with van der Waals surface area (Å²) in [7, 11) is 0. The molecule has 1 saturated heterocycles. The molecule has 1 aliphatic rings. The number of rotatable bonds is 4. The lowest BCUT2D eigenvalue weighted by Gasteiger charge is -2.27. The Morgan fingerprint density at radius 1 is 1.47 bits per heavy atom. The van der Waals surface area contributed by atoms with E-state index in [0.717, 1.165) is 30.2 Å². The molecule has 2 heterocycles. The van der Waals surface area contributed by atoms with Crippen LogP contribution in [0.15, 0.2) is 5.38 Å². The van der Waals surface area contributed by atoms with Gasteiger partial charge in [0.2, 0.25) is 0 Å². The predicted octanol–water partition coefficient (Wildman–Crippen LogP) is 2.62. The molecule has 0 aromatic carbocycles. The van der Waals surface area contributed by atoms with Crippen LogP contribution >= 0.6 is 22.9 Å². The Balaban J connectivity index is 1.99. The van der Waals surface area contributed by atoms with Crippen LogP contribution < -0.4 is 0 Å². The molecular formula is C12H19ClN2OS. The van der Waals surface area contributed by atoms with Gasteiger partial charge in [0.25, 0.3) is 0 Å². The minimum absolute atomic E-state index is 0.258. The molecule has 0 amide bonds. The van der Waals surface area contributed by atoms with E-state index in [-0.39, 0.29) is 6.61 Å². The van der Waals surface area contributed by atoms with Crippen LogP contribution in [0.5, 0.6) is 0 Å². The smallest absolute Gasteiger partial charge is 0.107 e. The van der Waals surface area contributed by atoms with Crippen molar-refractivity contribution in [1.29, 1.82) is 0 Å². The second kappa shape index (κ2) is 6.69. The van der Waals surface area contributed by atoms with Crippen LogP contribution in [0.25, 0.3) is 0 Å². The second-order valence-corrected chi connectivity index (χ2v) is 5.73.